The lowest BCUT2D eigenvalue weighted by Crippen LogP contribution is -2.46. The van der Waals surface area contributed by atoms with Gasteiger partial charge >= 0.3 is 0 Å². The van der Waals surface area contributed by atoms with Crippen molar-refractivity contribution >= 4 is 33.0 Å². The molecule has 1 N–H and O–H groups in total. The van der Waals surface area contributed by atoms with Crippen molar-refractivity contribution < 1.29 is 9.53 Å². The van der Waals surface area contributed by atoms with Crippen LogP contribution in [-0.4, -0.2) is 67.2 Å². The van der Waals surface area contributed by atoms with Crippen LogP contribution in [0.1, 0.15) is 16.9 Å². The molecule has 1 fully saturated rings. The van der Waals surface area contributed by atoms with E-state index in [2.05, 4.69) is 54.7 Å². The maximum absolute atomic E-state index is 11.5. The van der Waals surface area contributed by atoms with Crippen molar-refractivity contribution in [1.82, 2.24) is 20.2 Å². The van der Waals surface area contributed by atoms with E-state index in [-0.39, 0.29) is 11.6 Å². The normalized spacial score (nSPS) is 14.9. The predicted octanol–water partition coefficient (Wildman–Crippen LogP) is 2.64. The number of carbonyl (C=O) groups excluding carboxylic acids is 1. The Kier molecular flexibility index (Phi) is 6.21. The van der Waals surface area contributed by atoms with Gasteiger partial charge in [0, 0.05) is 55.5 Å². The van der Waals surface area contributed by atoms with Crippen LogP contribution >= 0.6 is 11.3 Å². The lowest BCUT2D eigenvalue weighted by molar-refractivity contribution is 0.0957. The number of fused-ring (bicyclic) bond motifs is 1. The fraction of sp³-hybridized carbons (Fsp3) is 0.381. The number of benzene rings is 1. The van der Waals surface area contributed by atoms with Crippen molar-refractivity contribution in [3.63, 3.8) is 0 Å². The number of rotatable bonds is 7. The van der Waals surface area contributed by atoms with Crippen LogP contribution in [0, 0.1) is 0 Å². The number of nitrogens with zero attached hydrogens (tertiary/aromatic N) is 4. The molecule has 0 atom stereocenters. The minimum Gasteiger partial charge on any atom is -0.477 e. The molecule has 1 aliphatic rings. The highest BCUT2D eigenvalue weighted by molar-refractivity contribution is 7.17. The van der Waals surface area contributed by atoms with E-state index in [0.29, 0.717) is 12.5 Å². The summed E-state index contributed by atoms with van der Waals surface area (Å²) in [6.07, 6.45) is 3.86. The van der Waals surface area contributed by atoms with Crippen LogP contribution in [0.15, 0.2) is 42.0 Å². The third kappa shape index (κ3) is 4.65. The number of hydrogen-bond donors (Lipinski definition) is 1. The van der Waals surface area contributed by atoms with Crippen molar-refractivity contribution in [2.45, 2.75) is 6.42 Å². The molecule has 152 valence electrons. The molecule has 7 nitrogen and oxygen atoms in total. The lowest BCUT2D eigenvalue weighted by Gasteiger charge is -2.36. The Morgan fingerprint density at radius 3 is 2.79 bits per heavy atom. The summed E-state index contributed by atoms with van der Waals surface area (Å²) < 4.78 is 7.01. The molecule has 3 aromatic rings. The SMILES string of the molecule is CNC(=O)c1cnc(OCCCN2CCN(c3cccc4sccc34)CC2)cn1. The highest BCUT2D eigenvalue weighted by atomic mass is 32.1. The summed E-state index contributed by atoms with van der Waals surface area (Å²) in [5.41, 5.74) is 1.64. The van der Waals surface area contributed by atoms with Crippen LogP contribution in [0.5, 0.6) is 5.88 Å². The van der Waals surface area contributed by atoms with Crippen molar-refractivity contribution in [2.75, 3.05) is 51.3 Å². The first kappa shape index (κ1) is 19.6. The molecule has 8 heteroatoms. The largest absolute Gasteiger partial charge is 0.477 e. The zero-order valence-corrected chi connectivity index (χ0v) is 17.3. The minimum atomic E-state index is -0.251. The van der Waals surface area contributed by atoms with E-state index in [4.69, 9.17) is 4.74 Å². The maximum Gasteiger partial charge on any atom is 0.271 e. The van der Waals surface area contributed by atoms with Crippen molar-refractivity contribution in [2.24, 2.45) is 0 Å². The molecule has 4 rings (SSSR count). The van der Waals surface area contributed by atoms with Gasteiger partial charge in [-0.2, -0.15) is 0 Å². The number of aromatic nitrogens is 2. The van der Waals surface area contributed by atoms with Crippen LogP contribution in [0.3, 0.4) is 0 Å². The Labute approximate surface area is 174 Å². The summed E-state index contributed by atoms with van der Waals surface area (Å²) in [7, 11) is 1.57. The van der Waals surface area contributed by atoms with Gasteiger partial charge in [0.15, 0.2) is 0 Å². The zero-order valence-electron chi connectivity index (χ0n) is 16.5. The number of ether oxygens (including phenoxy) is 1. The van der Waals surface area contributed by atoms with Gasteiger partial charge in [-0.15, -0.1) is 11.3 Å². The Bertz CT molecular complexity index is 951. The van der Waals surface area contributed by atoms with E-state index in [1.165, 1.54) is 28.2 Å². The molecule has 29 heavy (non-hydrogen) atoms. The van der Waals surface area contributed by atoms with E-state index < -0.39 is 0 Å². The Balaban J connectivity index is 1.20. The van der Waals surface area contributed by atoms with Crippen LogP contribution in [0.25, 0.3) is 10.1 Å². The third-order valence-corrected chi connectivity index (χ3v) is 6.02. The summed E-state index contributed by atoms with van der Waals surface area (Å²) in [6, 6.07) is 8.80. The summed E-state index contributed by atoms with van der Waals surface area (Å²) in [6.45, 7) is 5.79. The number of piperazine rings is 1. The molecule has 1 aliphatic heterocycles. The first-order chi connectivity index (χ1) is 14.2. The second-order valence-corrected chi connectivity index (χ2v) is 7.91. The number of thiophene rings is 1. The fourth-order valence-corrected chi connectivity index (χ4v) is 4.37. The monoisotopic (exact) mass is 411 g/mol. The molecule has 1 amide bonds. The Hall–Kier alpha value is -2.71. The molecular formula is C21H25N5O2S. The second-order valence-electron chi connectivity index (χ2n) is 6.96. The highest BCUT2D eigenvalue weighted by Gasteiger charge is 2.18. The topological polar surface area (TPSA) is 70.6 Å². The van der Waals surface area contributed by atoms with Crippen LogP contribution in [0.2, 0.25) is 0 Å². The maximum atomic E-state index is 11.5. The molecule has 3 heterocycles. The van der Waals surface area contributed by atoms with Crippen LogP contribution < -0.4 is 15.0 Å². The molecule has 0 aliphatic carbocycles. The van der Waals surface area contributed by atoms with E-state index in [1.54, 1.807) is 18.4 Å². The number of carbonyl (C=O) groups is 1. The van der Waals surface area contributed by atoms with Gasteiger partial charge < -0.3 is 15.0 Å². The molecule has 0 radical (unpaired) electrons. The Morgan fingerprint density at radius 2 is 2.03 bits per heavy atom. The van der Waals surface area contributed by atoms with Gasteiger partial charge in [-0.05, 0) is 30.0 Å². The molecular weight excluding hydrogens is 386 g/mol. The Morgan fingerprint density at radius 1 is 1.17 bits per heavy atom. The van der Waals surface area contributed by atoms with Gasteiger partial charge in [-0.1, -0.05) is 6.07 Å². The standard InChI is InChI=1S/C21H25N5O2S/c1-22-21(27)17-14-24-20(15-23-17)28-12-3-7-25-8-10-26(11-9-25)18-4-2-5-19-16(18)6-13-29-19/h2,4-6,13-15H,3,7-12H2,1H3,(H,22,27). The van der Waals surface area contributed by atoms with Crippen molar-refractivity contribution in [3.05, 3.63) is 47.7 Å². The molecule has 2 aromatic heterocycles. The molecule has 1 saturated heterocycles. The summed E-state index contributed by atoms with van der Waals surface area (Å²) in [5, 5.41) is 6.05. The number of nitrogens with one attached hydrogen (secondary N) is 1. The first-order valence-electron chi connectivity index (χ1n) is 9.85. The van der Waals surface area contributed by atoms with E-state index in [0.717, 1.165) is 39.1 Å². The van der Waals surface area contributed by atoms with E-state index in [9.17, 15) is 4.79 Å². The second kappa shape index (κ2) is 9.19. The van der Waals surface area contributed by atoms with Crippen molar-refractivity contribution in [1.29, 1.82) is 0 Å². The van der Waals surface area contributed by atoms with Gasteiger partial charge in [0.25, 0.3) is 5.91 Å². The molecule has 0 unspecified atom stereocenters. The van der Waals surface area contributed by atoms with Gasteiger partial charge in [-0.3, -0.25) is 9.69 Å². The number of amides is 1. The molecule has 0 spiro atoms. The lowest BCUT2D eigenvalue weighted by atomic mass is 10.2. The van der Waals surface area contributed by atoms with Crippen LogP contribution in [0.4, 0.5) is 5.69 Å². The van der Waals surface area contributed by atoms with Gasteiger partial charge in [0.1, 0.15) is 5.69 Å². The number of hydrogen-bond acceptors (Lipinski definition) is 7. The fourth-order valence-electron chi connectivity index (χ4n) is 3.57. The van der Waals surface area contributed by atoms with Gasteiger partial charge in [0.05, 0.1) is 19.0 Å². The van der Waals surface area contributed by atoms with E-state index >= 15 is 0 Å². The zero-order chi connectivity index (χ0) is 20.1. The van der Waals surface area contributed by atoms with Crippen LogP contribution in [-0.2, 0) is 0 Å². The first-order valence-corrected chi connectivity index (χ1v) is 10.7. The smallest absolute Gasteiger partial charge is 0.271 e. The quantitative estimate of drug-likeness (QED) is 0.603. The van der Waals surface area contributed by atoms with Gasteiger partial charge in [-0.25, -0.2) is 9.97 Å². The average molecular weight is 412 g/mol. The van der Waals surface area contributed by atoms with E-state index in [1.807, 2.05) is 0 Å². The van der Waals surface area contributed by atoms with Crippen molar-refractivity contribution in [3.8, 4) is 5.88 Å². The summed E-state index contributed by atoms with van der Waals surface area (Å²) in [5.74, 6) is 0.199. The average Bonchev–Trinajstić information content (AvgIpc) is 3.26. The highest BCUT2D eigenvalue weighted by Crippen LogP contribution is 2.31. The summed E-state index contributed by atoms with van der Waals surface area (Å²) in [4.78, 5) is 24.6. The molecule has 0 saturated carbocycles. The minimum absolute atomic E-state index is 0.251. The van der Waals surface area contributed by atoms with Gasteiger partial charge in [0.2, 0.25) is 5.88 Å². The third-order valence-electron chi connectivity index (χ3n) is 5.14. The molecule has 0 bridgehead atoms. The predicted molar refractivity (Wildman–Crippen MR) is 116 cm³/mol. The number of anilines is 1. The molecule has 1 aromatic carbocycles. The summed E-state index contributed by atoms with van der Waals surface area (Å²) >= 11 is 1.80.